The van der Waals surface area contributed by atoms with Gasteiger partial charge in [0.05, 0.1) is 10.0 Å². The molecule has 92 valence electrons. The highest BCUT2D eigenvalue weighted by atomic mass is 127. The van der Waals surface area contributed by atoms with Crippen molar-refractivity contribution in [2.24, 2.45) is 0 Å². The summed E-state index contributed by atoms with van der Waals surface area (Å²) in [5.41, 5.74) is 1.68. The number of benzene rings is 2. The molecule has 0 fully saturated rings. The van der Waals surface area contributed by atoms with Crippen molar-refractivity contribution in [2.75, 3.05) is 0 Å². The van der Waals surface area contributed by atoms with E-state index in [1.54, 1.807) is 12.1 Å². The topological polar surface area (TPSA) is 26.3 Å². The maximum Gasteiger partial charge on any atom is 0.344 e. The van der Waals surface area contributed by atoms with Gasteiger partial charge < -0.3 is 4.74 Å². The molecule has 0 spiro atoms. The first-order valence-corrected chi connectivity index (χ1v) is 7.18. The van der Waals surface area contributed by atoms with E-state index in [4.69, 9.17) is 4.74 Å². The molecular formula is C14H10BrIO2. The SMILES string of the molecule is Cc1ccc(OC(=O)c2ccccc2I)c(Br)c1. The van der Waals surface area contributed by atoms with Gasteiger partial charge in [-0.15, -0.1) is 0 Å². The van der Waals surface area contributed by atoms with Crippen molar-refractivity contribution in [3.63, 3.8) is 0 Å². The number of ether oxygens (including phenoxy) is 1. The second-order valence-corrected chi connectivity index (χ2v) is 5.82. The number of esters is 1. The molecule has 0 aliphatic carbocycles. The highest BCUT2D eigenvalue weighted by Crippen LogP contribution is 2.27. The Morgan fingerprint density at radius 2 is 1.94 bits per heavy atom. The number of aryl methyl sites for hydroxylation is 1. The molecule has 0 radical (unpaired) electrons. The fraction of sp³-hybridized carbons (Fsp3) is 0.0714. The molecule has 0 saturated heterocycles. The molecule has 0 aliphatic rings. The summed E-state index contributed by atoms with van der Waals surface area (Å²) in [5.74, 6) is 0.190. The molecule has 0 N–H and O–H groups in total. The Morgan fingerprint density at radius 3 is 2.61 bits per heavy atom. The molecule has 0 amide bonds. The van der Waals surface area contributed by atoms with Gasteiger partial charge in [-0.05, 0) is 75.3 Å². The van der Waals surface area contributed by atoms with Crippen molar-refractivity contribution in [3.05, 3.63) is 61.6 Å². The van der Waals surface area contributed by atoms with Gasteiger partial charge in [-0.3, -0.25) is 0 Å². The van der Waals surface area contributed by atoms with Gasteiger partial charge in [0.2, 0.25) is 0 Å². The number of rotatable bonds is 2. The van der Waals surface area contributed by atoms with Crippen molar-refractivity contribution < 1.29 is 9.53 Å². The number of hydrogen-bond acceptors (Lipinski definition) is 2. The van der Waals surface area contributed by atoms with Gasteiger partial charge in [0.15, 0.2) is 0 Å². The zero-order chi connectivity index (χ0) is 13.1. The molecule has 0 heterocycles. The molecule has 2 nitrogen and oxygen atoms in total. The lowest BCUT2D eigenvalue weighted by molar-refractivity contribution is 0.0732. The molecule has 4 heteroatoms. The first-order chi connectivity index (χ1) is 8.58. The molecule has 0 aliphatic heterocycles. The van der Waals surface area contributed by atoms with Crippen LogP contribution in [-0.4, -0.2) is 5.97 Å². The second-order valence-electron chi connectivity index (χ2n) is 3.80. The molecule has 0 bridgehead atoms. The standard InChI is InChI=1S/C14H10BrIO2/c1-9-6-7-13(11(15)8-9)18-14(17)10-4-2-3-5-12(10)16/h2-8H,1H3. The molecule has 18 heavy (non-hydrogen) atoms. The van der Waals surface area contributed by atoms with Gasteiger partial charge >= 0.3 is 5.97 Å². The monoisotopic (exact) mass is 416 g/mol. The third-order valence-corrected chi connectivity index (χ3v) is 3.94. The third-order valence-electron chi connectivity index (χ3n) is 2.38. The maximum atomic E-state index is 12.0. The average molecular weight is 417 g/mol. The van der Waals surface area contributed by atoms with E-state index in [1.807, 2.05) is 37.3 Å². The summed E-state index contributed by atoms with van der Waals surface area (Å²) in [6.07, 6.45) is 0. The van der Waals surface area contributed by atoms with Crippen molar-refractivity contribution in [2.45, 2.75) is 6.92 Å². The van der Waals surface area contributed by atoms with E-state index in [-0.39, 0.29) is 5.97 Å². The molecule has 2 aromatic rings. The predicted octanol–water partition coefficient (Wildman–Crippen LogP) is 4.58. The van der Waals surface area contributed by atoms with Crippen LogP contribution in [0.2, 0.25) is 0 Å². The van der Waals surface area contributed by atoms with E-state index in [0.29, 0.717) is 11.3 Å². The van der Waals surface area contributed by atoms with E-state index in [2.05, 4.69) is 38.5 Å². The summed E-state index contributed by atoms with van der Waals surface area (Å²) >= 11 is 5.51. The van der Waals surface area contributed by atoms with Crippen LogP contribution in [0.4, 0.5) is 0 Å². The van der Waals surface area contributed by atoms with Crippen LogP contribution in [0, 0.1) is 10.5 Å². The van der Waals surface area contributed by atoms with Crippen LogP contribution in [-0.2, 0) is 0 Å². The minimum absolute atomic E-state index is 0.343. The zero-order valence-corrected chi connectivity index (χ0v) is 13.4. The van der Waals surface area contributed by atoms with Crippen LogP contribution in [0.5, 0.6) is 5.75 Å². The molecular weight excluding hydrogens is 407 g/mol. The van der Waals surface area contributed by atoms with Crippen molar-refractivity contribution in [1.82, 2.24) is 0 Å². The zero-order valence-electron chi connectivity index (χ0n) is 9.61. The Bertz CT molecular complexity index is 596. The Morgan fingerprint density at radius 1 is 1.22 bits per heavy atom. The lowest BCUT2D eigenvalue weighted by Gasteiger charge is -2.08. The summed E-state index contributed by atoms with van der Waals surface area (Å²) in [6, 6.07) is 13.0. The molecule has 0 saturated carbocycles. The Labute approximate surface area is 128 Å². The highest BCUT2D eigenvalue weighted by Gasteiger charge is 2.13. The molecule has 2 aromatic carbocycles. The average Bonchev–Trinajstić information content (AvgIpc) is 2.33. The summed E-state index contributed by atoms with van der Waals surface area (Å²) in [4.78, 5) is 12.0. The summed E-state index contributed by atoms with van der Waals surface area (Å²) in [6.45, 7) is 1.98. The number of carbonyl (C=O) groups is 1. The Hall–Kier alpha value is -0.880. The van der Waals surface area contributed by atoms with Crippen LogP contribution >= 0.6 is 38.5 Å². The quantitative estimate of drug-likeness (QED) is 0.407. The normalized spacial score (nSPS) is 10.2. The fourth-order valence-corrected chi connectivity index (χ4v) is 2.65. The Balaban J connectivity index is 2.24. The largest absolute Gasteiger partial charge is 0.422 e. The van der Waals surface area contributed by atoms with Gasteiger partial charge in [0, 0.05) is 3.57 Å². The third kappa shape index (κ3) is 3.11. The van der Waals surface area contributed by atoms with Crippen LogP contribution < -0.4 is 4.74 Å². The van der Waals surface area contributed by atoms with Crippen molar-refractivity contribution in [3.8, 4) is 5.75 Å². The first kappa shape index (κ1) is 13.5. The van der Waals surface area contributed by atoms with Gasteiger partial charge in [0.1, 0.15) is 5.75 Å². The minimum Gasteiger partial charge on any atom is -0.422 e. The number of hydrogen-bond donors (Lipinski definition) is 0. The minimum atomic E-state index is -0.343. The van der Waals surface area contributed by atoms with E-state index in [9.17, 15) is 4.79 Å². The highest BCUT2D eigenvalue weighted by molar-refractivity contribution is 14.1. The molecule has 0 unspecified atom stereocenters. The molecule has 0 aromatic heterocycles. The molecule has 0 atom stereocenters. The second kappa shape index (κ2) is 5.84. The summed E-state index contributed by atoms with van der Waals surface area (Å²) in [5, 5.41) is 0. The molecule has 2 rings (SSSR count). The van der Waals surface area contributed by atoms with Gasteiger partial charge in [-0.2, -0.15) is 0 Å². The van der Waals surface area contributed by atoms with E-state index in [1.165, 1.54) is 0 Å². The van der Waals surface area contributed by atoms with Crippen LogP contribution in [0.15, 0.2) is 46.9 Å². The smallest absolute Gasteiger partial charge is 0.344 e. The van der Waals surface area contributed by atoms with Crippen molar-refractivity contribution >= 4 is 44.5 Å². The number of halogens is 2. The van der Waals surface area contributed by atoms with Gasteiger partial charge in [0.25, 0.3) is 0 Å². The first-order valence-electron chi connectivity index (χ1n) is 5.31. The fourth-order valence-electron chi connectivity index (χ4n) is 1.47. The van der Waals surface area contributed by atoms with Crippen LogP contribution in [0.1, 0.15) is 15.9 Å². The van der Waals surface area contributed by atoms with E-state index >= 15 is 0 Å². The lowest BCUT2D eigenvalue weighted by atomic mass is 10.2. The summed E-state index contributed by atoms with van der Waals surface area (Å²) in [7, 11) is 0. The maximum absolute atomic E-state index is 12.0. The van der Waals surface area contributed by atoms with Crippen LogP contribution in [0.25, 0.3) is 0 Å². The predicted molar refractivity (Wildman–Crippen MR) is 83.0 cm³/mol. The number of carbonyl (C=O) groups excluding carboxylic acids is 1. The summed E-state index contributed by atoms with van der Waals surface area (Å²) < 4.78 is 7.03. The van der Waals surface area contributed by atoms with Gasteiger partial charge in [-0.25, -0.2) is 4.79 Å². The van der Waals surface area contributed by atoms with E-state index in [0.717, 1.165) is 13.6 Å². The van der Waals surface area contributed by atoms with E-state index < -0.39 is 0 Å². The van der Waals surface area contributed by atoms with Gasteiger partial charge in [-0.1, -0.05) is 18.2 Å². The van der Waals surface area contributed by atoms with Crippen molar-refractivity contribution in [1.29, 1.82) is 0 Å². The Kier molecular flexibility index (Phi) is 4.40. The van der Waals surface area contributed by atoms with Crippen LogP contribution in [0.3, 0.4) is 0 Å². The lowest BCUT2D eigenvalue weighted by Crippen LogP contribution is -2.10.